The second-order valence-corrected chi connectivity index (χ2v) is 6.27. The Morgan fingerprint density at radius 2 is 2.00 bits per heavy atom. The number of pyridine rings is 1. The van der Waals surface area contributed by atoms with Crippen LogP contribution in [0.1, 0.15) is 32.0 Å². The normalized spacial score (nSPS) is 12.3. The van der Waals surface area contributed by atoms with Gasteiger partial charge in [0.2, 0.25) is 0 Å². The Hall–Kier alpha value is -0.830. The van der Waals surface area contributed by atoms with Crippen molar-refractivity contribution in [1.29, 1.82) is 0 Å². The number of hydrogen-bond donors (Lipinski definition) is 0. The summed E-state index contributed by atoms with van der Waals surface area (Å²) in [6, 6.07) is 4.15. The van der Waals surface area contributed by atoms with Crippen LogP contribution in [0.2, 0.25) is 0 Å². The van der Waals surface area contributed by atoms with Gasteiger partial charge in [0.15, 0.2) is 0 Å². The van der Waals surface area contributed by atoms with Crippen LogP contribution in [0.25, 0.3) is 5.65 Å². The summed E-state index contributed by atoms with van der Waals surface area (Å²) in [7, 11) is 0. The predicted octanol–water partition coefficient (Wildman–Crippen LogP) is 3.99. The fourth-order valence-corrected chi connectivity index (χ4v) is 2.30. The van der Waals surface area contributed by atoms with Crippen LogP contribution in [0.4, 0.5) is 0 Å². The number of nitrogens with zero attached hydrogens (tertiary/aromatic N) is 2. The van der Waals surface area contributed by atoms with Crippen molar-refractivity contribution in [2.45, 2.75) is 34.1 Å². The van der Waals surface area contributed by atoms with E-state index in [1.54, 1.807) is 0 Å². The minimum Gasteiger partial charge on any atom is -0.294 e. The van der Waals surface area contributed by atoms with Crippen molar-refractivity contribution < 1.29 is 0 Å². The van der Waals surface area contributed by atoms with Gasteiger partial charge in [-0.05, 0) is 46.3 Å². The zero-order chi connectivity index (χ0) is 11.9. The molecule has 0 aliphatic heterocycles. The van der Waals surface area contributed by atoms with Crippen LogP contribution in [-0.4, -0.2) is 9.38 Å². The van der Waals surface area contributed by atoms with E-state index in [-0.39, 0.29) is 5.41 Å². The first-order chi connectivity index (χ1) is 7.37. The zero-order valence-electron chi connectivity index (χ0n) is 10.2. The van der Waals surface area contributed by atoms with Crippen LogP contribution in [0.5, 0.6) is 0 Å². The number of aryl methyl sites for hydroxylation is 1. The maximum Gasteiger partial charge on any atom is 0.137 e. The van der Waals surface area contributed by atoms with Crippen molar-refractivity contribution in [3.63, 3.8) is 0 Å². The number of imidazole rings is 1. The first-order valence-corrected chi connectivity index (χ1v) is 6.29. The third kappa shape index (κ3) is 2.29. The van der Waals surface area contributed by atoms with Gasteiger partial charge < -0.3 is 0 Å². The van der Waals surface area contributed by atoms with Crippen molar-refractivity contribution >= 4 is 21.6 Å². The summed E-state index contributed by atoms with van der Waals surface area (Å²) in [5.41, 5.74) is 3.65. The number of aromatic nitrogens is 2. The molecule has 0 saturated heterocycles. The Bertz CT molecular complexity index is 520. The molecule has 0 atom stereocenters. The molecule has 0 unspecified atom stereocenters. The van der Waals surface area contributed by atoms with Crippen LogP contribution >= 0.6 is 15.9 Å². The maximum atomic E-state index is 4.65. The van der Waals surface area contributed by atoms with E-state index in [4.69, 9.17) is 0 Å². The van der Waals surface area contributed by atoms with Gasteiger partial charge in [0, 0.05) is 6.20 Å². The van der Waals surface area contributed by atoms with Gasteiger partial charge in [0.05, 0.1) is 5.69 Å². The van der Waals surface area contributed by atoms with Crippen molar-refractivity contribution in [1.82, 2.24) is 9.38 Å². The van der Waals surface area contributed by atoms with Crippen molar-refractivity contribution in [3.05, 3.63) is 34.2 Å². The van der Waals surface area contributed by atoms with E-state index in [0.29, 0.717) is 0 Å². The number of rotatable bonds is 1. The maximum absolute atomic E-state index is 4.65. The molecule has 0 spiro atoms. The molecule has 2 heterocycles. The smallest absolute Gasteiger partial charge is 0.137 e. The molecule has 0 saturated carbocycles. The van der Waals surface area contributed by atoms with Gasteiger partial charge in [-0.25, -0.2) is 4.98 Å². The topological polar surface area (TPSA) is 17.3 Å². The average Bonchev–Trinajstić information content (AvgIpc) is 2.42. The van der Waals surface area contributed by atoms with E-state index >= 15 is 0 Å². The largest absolute Gasteiger partial charge is 0.294 e. The van der Waals surface area contributed by atoms with Crippen LogP contribution in [0.3, 0.4) is 0 Å². The molecule has 0 aliphatic carbocycles. The minimum absolute atomic E-state index is 0.259. The average molecular weight is 281 g/mol. The van der Waals surface area contributed by atoms with E-state index in [1.807, 2.05) is 0 Å². The molecule has 0 radical (unpaired) electrons. The van der Waals surface area contributed by atoms with E-state index in [0.717, 1.165) is 22.4 Å². The lowest BCUT2D eigenvalue weighted by atomic mass is 9.91. The molecule has 2 nitrogen and oxygen atoms in total. The lowest BCUT2D eigenvalue weighted by Crippen LogP contribution is -2.09. The summed E-state index contributed by atoms with van der Waals surface area (Å²) >= 11 is 3.64. The third-order valence-electron chi connectivity index (χ3n) is 2.47. The molecule has 2 rings (SSSR count). The van der Waals surface area contributed by atoms with Crippen LogP contribution in [0, 0.1) is 12.3 Å². The highest BCUT2D eigenvalue weighted by Gasteiger charge is 2.17. The first-order valence-electron chi connectivity index (χ1n) is 5.50. The highest BCUT2D eigenvalue weighted by Crippen LogP contribution is 2.26. The Morgan fingerprint density at radius 1 is 1.31 bits per heavy atom. The van der Waals surface area contributed by atoms with Gasteiger partial charge in [0.1, 0.15) is 10.3 Å². The predicted molar refractivity (Wildman–Crippen MR) is 70.8 cm³/mol. The van der Waals surface area contributed by atoms with E-state index in [2.05, 4.69) is 71.3 Å². The molecule has 2 aromatic heterocycles. The van der Waals surface area contributed by atoms with E-state index in [1.165, 1.54) is 5.56 Å². The minimum atomic E-state index is 0.259. The fourth-order valence-electron chi connectivity index (χ4n) is 1.79. The standard InChI is InChI=1S/C13H17BrN2/c1-9-5-6-11-15-10(7-13(2,3)4)12(14)16(11)8-9/h5-6,8H,7H2,1-4H3. The lowest BCUT2D eigenvalue weighted by Gasteiger charge is -2.16. The Kier molecular flexibility index (Phi) is 2.82. The first kappa shape index (κ1) is 11.6. The summed E-state index contributed by atoms with van der Waals surface area (Å²) in [5, 5.41) is 0. The molecule has 0 aliphatic rings. The summed E-state index contributed by atoms with van der Waals surface area (Å²) < 4.78 is 3.19. The van der Waals surface area contributed by atoms with Gasteiger partial charge >= 0.3 is 0 Å². The fraction of sp³-hybridized carbons (Fsp3) is 0.462. The SMILES string of the molecule is Cc1ccc2nc(CC(C)(C)C)c(Br)n2c1. The molecule has 0 bridgehead atoms. The molecule has 86 valence electrons. The second-order valence-electron chi connectivity index (χ2n) is 5.52. The van der Waals surface area contributed by atoms with Crippen molar-refractivity contribution in [2.24, 2.45) is 5.41 Å². The summed E-state index contributed by atoms with van der Waals surface area (Å²) in [6.07, 6.45) is 3.09. The van der Waals surface area contributed by atoms with Crippen molar-refractivity contribution in [2.75, 3.05) is 0 Å². The molecular weight excluding hydrogens is 264 g/mol. The molecular formula is C13H17BrN2. The molecule has 2 aromatic rings. The number of fused-ring (bicyclic) bond motifs is 1. The molecule has 3 heteroatoms. The summed E-state index contributed by atoms with van der Waals surface area (Å²) in [6.45, 7) is 8.79. The van der Waals surface area contributed by atoms with Crippen molar-refractivity contribution in [3.8, 4) is 0 Å². The molecule has 16 heavy (non-hydrogen) atoms. The van der Waals surface area contributed by atoms with Gasteiger partial charge in [-0.1, -0.05) is 26.8 Å². The van der Waals surface area contributed by atoms with E-state index < -0.39 is 0 Å². The Morgan fingerprint density at radius 3 is 2.62 bits per heavy atom. The highest BCUT2D eigenvalue weighted by molar-refractivity contribution is 9.10. The molecule has 0 aromatic carbocycles. The van der Waals surface area contributed by atoms with E-state index in [9.17, 15) is 0 Å². The van der Waals surface area contributed by atoms with Crippen LogP contribution in [0.15, 0.2) is 22.9 Å². The third-order valence-corrected chi connectivity index (χ3v) is 3.31. The quantitative estimate of drug-likeness (QED) is 0.772. The zero-order valence-corrected chi connectivity index (χ0v) is 11.8. The number of halogens is 1. The molecule has 0 N–H and O–H groups in total. The Balaban J connectivity index is 2.52. The monoisotopic (exact) mass is 280 g/mol. The van der Waals surface area contributed by atoms with Crippen LogP contribution < -0.4 is 0 Å². The molecule has 0 amide bonds. The van der Waals surface area contributed by atoms with Gasteiger partial charge in [-0.2, -0.15) is 0 Å². The van der Waals surface area contributed by atoms with Crippen LogP contribution in [-0.2, 0) is 6.42 Å². The lowest BCUT2D eigenvalue weighted by molar-refractivity contribution is 0.406. The van der Waals surface area contributed by atoms with Gasteiger partial charge in [0.25, 0.3) is 0 Å². The summed E-state index contributed by atoms with van der Waals surface area (Å²) in [5.74, 6) is 0. The summed E-state index contributed by atoms with van der Waals surface area (Å²) in [4.78, 5) is 4.65. The van der Waals surface area contributed by atoms with Gasteiger partial charge in [-0.15, -0.1) is 0 Å². The number of hydrogen-bond acceptors (Lipinski definition) is 1. The highest BCUT2D eigenvalue weighted by atomic mass is 79.9. The Labute approximate surface area is 105 Å². The van der Waals surface area contributed by atoms with Gasteiger partial charge in [-0.3, -0.25) is 4.40 Å². The second kappa shape index (κ2) is 3.88. The molecule has 0 fully saturated rings.